The summed E-state index contributed by atoms with van der Waals surface area (Å²) in [6.45, 7) is 11.2. The lowest BCUT2D eigenvalue weighted by atomic mass is 10.0. The van der Waals surface area contributed by atoms with E-state index in [-0.39, 0.29) is 6.09 Å². The van der Waals surface area contributed by atoms with E-state index in [9.17, 15) is 4.79 Å². The summed E-state index contributed by atoms with van der Waals surface area (Å²) in [6, 6.07) is 0.385. The van der Waals surface area contributed by atoms with E-state index in [2.05, 4.69) is 12.2 Å². The fourth-order valence-electron chi connectivity index (χ4n) is 2.78. The molecule has 0 aromatic heterocycles. The van der Waals surface area contributed by atoms with Crippen LogP contribution in [0.4, 0.5) is 4.79 Å². The molecule has 2 fully saturated rings. The highest BCUT2D eigenvalue weighted by atomic mass is 16.6. The highest BCUT2D eigenvalue weighted by molar-refractivity contribution is 5.68. The summed E-state index contributed by atoms with van der Waals surface area (Å²) in [6.07, 6.45) is 2.29. The standard InChI is InChI=1S/C15H28N2O3/c1-11-12(6-8-19-11)9-16-13-5-7-17(10-13)14(18)20-15(2,3)4/h11-13,16H,5-10H2,1-4H3. The van der Waals surface area contributed by atoms with Crippen molar-refractivity contribution >= 4 is 6.09 Å². The molecule has 3 unspecified atom stereocenters. The van der Waals surface area contributed by atoms with Crippen molar-refractivity contribution in [2.45, 2.75) is 58.3 Å². The number of carbonyl (C=O) groups is 1. The van der Waals surface area contributed by atoms with E-state index < -0.39 is 5.60 Å². The second-order valence-electron chi connectivity index (χ2n) is 6.94. The van der Waals surface area contributed by atoms with Crippen molar-refractivity contribution in [2.24, 2.45) is 5.92 Å². The number of carbonyl (C=O) groups excluding carboxylic acids is 1. The van der Waals surface area contributed by atoms with Crippen LogP contribution in [0.2, 0.25) is 0 Å². The molecular formula is C15H28N2O3. The zero-order valence-corrected chi connectivity index (χ0v) is 13.1. The quantitative estimate of drug-likeness (QED) is 0.861. The van der Waals surface area contributed by atoms with Gasteiger partial charge in [-0.15, -0.1) is 0 Å². The van der Waals surface area contributed by atoms with Gasteiger partial charge in [-0.1, -0.05) is 0 Å². The van der Waals surface area contributed by atoms with Crippen LogP contribution in [-0.4, -0.2) is 55.0 Å². The Kier molecular flexibility index (Phi) is 4.91. The number of rotatable bonds is 3. The molecule has 2 rings (SSSR count). The van der Waals surface area contributed by atoms with Gasteiger partial charge in [0.05, 0.1) is 6.10 Å². The number of nitrogens with zero attached hydrogens (tertiary/aromatic N) is 1. The molecule has 116 valence electrons. The average Bonchev–Trinajstić information content (AvgIpc) is 2.93. The van der Waals surface area contributed by atoms with Crippen LogP contribution in [0.5, 0.6) is 0 Å². The van der Waals surface area contributed by atoms with Crippen LogP contribution in [0.1, 0.15) is 40.5 Å². The van der Waals surface area contributed by atoms with E-state index in [1.165, 1.54) is 0 Å². The van der Waals surface area contributed by atoms with Gasteiger partial charge < -0.3 is 19.7 Å². The lowest BCUT2D eigenvalue weighted by Gasteiger charge is -2.24. The lowest BCUT2D eigenvalue weighted by Crippen LogP contribution is -2.40. The fraction of sp³-hybridized carbons (Fsp3) is 0.933. The third-order valence-electron chi connectivity index (χ3n) is 4.04. The number of ether oxygens (including phenoxy) is 2. The molecule has 0 aromatic carbocycles. The summed E-state index contributed by atoms with van der Waals surface area (Å²) in [4.78, 5) is 13.8. The van der Waals surface area contributed by atoms with Crippen LogP contribution >= 0.6 is 0 Å². The number of likely N-dealkylation sites (tertiary alicyclic amines) is 1. The third kappa shape index (κ3) is 4.35. The van der Waals surface area contributed by atoms with Gasteiger partial charge >= 0.3 is 6.09 Å². The Morgan fingerprint density at radius 2 is 2.15 bits per heavy atom. The van der Waals surface area contributed by atoms with E-state index in [0.29, 0.717) is 18.1 Å². The van der Waals surface area contributed by atoms with Gasteiger partial charge in [-0.25, -0.2) is 4.79 Å². The second kappa shape index (κ2) is 6.31. The van der Waals surface area contributed by atoms with Crippen LogP contribution in [0, 0.1) is 5.92 Å². The van der Waals surface area contributed by atoms with Crippen LogP contribution in [0.25, 0.3) is 0 Å². The van der Waals surface area contributed by atoms with E-state index in [0.717, 1.165) is 39.1 Å². The highest BCUT2D eigenvalue weighted by Crippen LogP contribution is 2.20. The maximum atomic E-state index is 12.0. The minimum atomic E-state index is -0.417. The Hall–Kier alpha value is -0.810. The largest absolute Gasteiger partial charge is 0.444 e. The molecule has 0 saturated carbocycles. The van der Waals surface area contributed by atoms with Gasteiger partial charge in [-0.2, -0.15) is 0 Å². The lowest BCUT2D eigenvalue weighted by molar-refractivity contribution is 0.0290. The minimum Gasteiger partial charge on any atom is -0.444 e. The molecule has 2 aliphatic rings. The molecule has 0 spiro atoms. The van der Waals surface area contributed by atoms with Gasteiger partial charge in [0.15, 0.2) is 0 Å². The van der Waals surface area contributed by atoms with Crippen LogP contribution in [-0.2, 0) is 9.47 Å². The number of hydrogen-bond acceptors (Lipinski definition) is 4. The molecule has 1 amide bonds. The van der Waals surface area contributed by atoms with Crippen molar-refractivity contribution in [2.75, 3.05) is 26.2 Å². The monoisotopic (exact) mass is 284 g/mol. The Morgan fingerprint density at radius 3 is 2.75 bits per heavy atom. The second-order valence-corrected chi connectivity index (χ2v) is 6.94. The van der Waals surface area contributed by atoms with Crippen molar-refractivity contribution in [3.05, 3.63) is 0 Å². The Bertz CT molecular complexity index is 341. The molecule has 2 aliphatic heterocycles. The molecule has 2 heterocycles. The first-order valence-electron chi connectivity index (χ1n) is 7.68. The van der Waals surface area contributed by atoms with Gasteiger partial charge in [-0.3, -0.25) is 0 Å². The van der Waals surface area contributed by atoms with Gasteiger partial charge in [0.1, 0.15) is 5.60 Å². The highest BCUT2D eigenvalue weighted by Gasteiger charge is 2.31. The summed E-state index contributed by atoms with van der Waals surface area (Å²) in [5.41, 5.74) is -0.417. The number of nitrogens with one attached hydrogen (secondary N) is 1. The first kappa shape index (κ1) is 15.6. The molecule has 5 heteroatoms. The first-order chi connectivity index (χ1) is 9.35. The van der Waals surface area contributed by atoms with E-state index in [1.54, 1.807) is 4.90 Å². The molecular weight excluding hydrogens is 256 g/mol. The topological polar surface area (TPSA) is 50.8 Å². The maximum absolute atomic E-state index is 12.0. The van der Waals surface area contributed by atoms with Gasteiger partial charge in [0.2, 0.25) is 0 Å². The minimum absolute atomic E-state index is 0.195. The van der Waals surface area contributed by atoms with Gasteiger partial charge in [-0.05, 0) is 46.5 Å². The maximum Gasteiger partial charge on any atom is 0.410 e. The fourth-order valence-corrected chi connectivity index (χ4v) is 2.78. The Morgan fingerprint density at radius 1 is 1.40 bits per heavy atom. The summed E-state index contributed by atoms with van der Waals surface area (Å²) in [7, 11) is 0. The van der Waals surface area contributed by atoms with Crippen molar-refractivity contribution in [3.8, 4) is 0 Å². The summed E-state index contributed by atoms with van der Waals surface area (Å²) in [5.74, 6) is 0.602. The SMILES string of the molecule is CC1OCCC1CNC1CCN(C(=O)OC(C)(C)C)C1. The molecule has 5 nitrogen and oxygen atoms in total. The predicted octanol–water partition coefficient (Wildman–Crippen LogP) is 2.01. The van der Waals surface area contributed by atoms with Crippen LogP contribution < -0.4 is 5.32 Å². The summed E-state index contributed by atoms with van der Waals surface area (Å²) in [5, 5.41) is 3.57. The Labute approximate surface area is 122 Å². The van der Waals surface area contributed by atoms with Crippen molar-refractivity contribution in [3.63, 3.8) is 0 Å². The smallest absolute Gasteiger partial charge is 0.410 e. The molecule has 20 heavy (non-hydrogen) atoms. The zero-order chi connectivity index (χ0) is 14.8. The predicted molar refractivity (Wildman–Crippen MR) is 77.7 cm³/mol. The molecule has 2 saturated heterocycles. The average molecular weight is 284 g/mol. The van der Waals surface area contributed by atoms with E-state index >= 15 is 0 Å². The third-order valence-corrected chi connectivity index (χ3v) is 4.04. The first-order valence-corrected chi connectivity index (χ1v) is 7.68. The van der Waals surface area contributed by atoms with Gasteiger partial charge in [0.25, 0.3) is 0 Å². The molecule has 0 bridgehead atoms. The number of hydrogen-bond donors (Lipinski definition) is 1. The molecule has 1 N–H and O–H groups in total. The van der Waals surface area contributed by atoms with Crippen molar-refractivity contribution in [1.29, 1.82) is 0 Å². The van der Waals surface area contributed by atoms with Gasteiger partial charge in [0, 0.05) is 32.3 Å². The van der Waals surface area contributed by atoms with E-state index in [4.69, 9.17) is 9.47 Å². The molecule has 0 radical (unpaired) electrons. The normalized spacial score (nSPS) is 30.8. The van der Waals surface area contributed by atoms with Crippen molar-refractivity contribution < 1.29 is 14.3 Å². The van der Waals surface area contributed by atoms with Crippen LogP contribution in [0.15, 0.2) is 0 Å². The molecule has 0 aliphatic carbocycles. The molecule has 0 aromatic rings. The van der Waals surface area contributed by atoms with E-state index in [1.807, 2.05) is 20.8 Å². The van der Waals surface area contributed by atoms with Crippen LogP contribution in [0.3, 0.4) is 0 Å². The number of amides is 1. The zero-order valence-electron chi connectivity index (χ0n) is 13.1. The summed E-state index contributed by atoms with van der Waals surface area (Å²) < 4.78 is 11.0. The Balaban J connectivity index is 1.71. The molecule has 3 atom stereocenters. The van der Waals surface area contributed by atoms with Crippen molar-refractivity contribution in [1.82, 2.24) is 10.2 Å². The summed E-state index contributed by atoms with van der Waals surface area (Å²) >= 11 is 0.